The summed E-state index contributed by atoms with van der Waals surface area (Å²) in [5.74, 6) is -4.22. The first-order valence-electron chi connectivity index (χ1n) is 10.9. The van der Waals surface area contributed by atoms with Gasteiger partial charge in [-0.3, -0.25) is 19.2 Å². The molecule has 1 saturated heterocycles. The molecule has 12 nitrogen and oxygen atoms in total. The molecule has 182 valence electrons. The van der Waals surface area contributed by atoms with Crippen LogP contribution >= 0.6 is 0 Å². The molecule has 0 aliphatic carbocycles. The van der Waals surface area contributed by atoms with Crippen molar-refractivity contribution in [1.29, 1.82) is 0 Å². The maximum Gasteiger partial charge on any atom is 0.326 e. The topological polar surface area (TPSA) is 206 Å². The zero-order valence-electron chi connectivity index (χ0n) is 18.7. The van der Waals surface area contributed by atoms with Crippen molar-refractivity contribution in [2.45, 2.75) is 76.5 Å². The van der Waals surface area contributed by atoms with Crippen LogP contribution in [0.2, 0.25) is 0 Å². The molecule has 12 heteroatoms. The van der Waals surface area contributed by atoms with Gasteiger partial charge in [0.15, 0.2) is 0 Å². The fraction of sp³-hybridized carbons (Fsp3) is 0.750. The summed E-state index contributed by atoms with van der Waals surface area (Å²) in [6.07, 6.45) is 2.33. The lowest BCUT2D eigenvalue weighted by molar-refractivity contribution is -0.143. The number of primary amides is 1. The highest BCUT2D eigenvalue weighted by Gasteiger charge is 2.33. The van der Waals surface area contributed by atoms with Crippen molar-refractivity contribution < 1.29 is 29.1 Å². The minimum Gasteiger partial charge on any atom is -0.480 e. The molecule has 0 spiro atoms. The van der Waals surface area contributed by atoms with Gasteiger partial charge >= 0.3 is 5.97 Å². The quantitative estimate of drug-likeness (QED) is 0.144. The van der Waals surface area contributed by atoms with Crippen LogP contribution in [-0.4, -0.2) is 72.0 Å². The molecule has 1 heterocycles. The third kappa shape index (κ3) is 9.18. The Kier molecular flexibility index (Phi) is 11.6. The van der Waals surface area contributed by atoms with Crippen LogP contribution in [0.15, 0.2) is 0 Å². The van der Waals surface area contributed by atoms with E-state index in [9.17, 15) is 29.1 Å². The van der Waals surface area contributed by atoms with Gasteiger partial charge in [-0.25, -0.2) is 4.79 Å². The minimum atomic E-state index is -1.25. The summed E-state index contributed by atoms with van der Waals surface area (Å²) < 4.78 is 0. The number of carbonyl (C=O) groups is 5. The molecule has 1 fully saturated rings. The van der Waals surface area contributed by atoms with Crippen molar-refractivity contribution in [2.75, 3.05) is 13.1 Å². The summed E-state index contributed by atoms with van der Waals surface area (Å²) >= 11 is 0. The van der Waals surface area contributed by atoms with Gasteiger partial charge in [-0.1, -0.05) is 13.8 Å². The molecule has 0 aromatic rings. The van der Waals surface area contributed by atoms with Gasteiger partial charge in [0, 0.05) is 0 Å². The van der Waals surface area contributed by atoms with E-state index in [2.05, 4.69) is 21.3 Å². The summed E-state index contributed by atoms with van der Waals surface area (Å²) in [5.41, 5.74) is 10.7. The van der Waals surface area contributed by atoms with Crippen LogP contribution in [-0.2, 0) is 24.0 Å². The fourth-order valence-electron chi connectivity index (χ4n) is 3.39. The molecule has 0 aromatic heterocycles. The smallest absolute Gasteiger partial charge is 0.326 e. The monoisotopic (exact) mass is 456 g/mol. The third-order valence-electron chi connectivity index (χ3n) is 5.22. The van der Waals surface area contributed by atoms with Crippen LogP contribution in [0.5, 0.6) is 0 Å². The minimum absolute atomic E-state index is 0.200. The van der Waals surface area contributed by atoms with E-state index >= 15 is 0 Å². The molecule has 0 bridgehead atoms. The first-order valence-corrected chi connectivity index (χ1v) is 10.9. The summed E-state index contributed by atoms with van der Waals surface area (Å²) in [7, 11) is 0. The second kappa shape index (κ2) is 13.6. The van der Waals surface area contributed by atoms with Gasteiger partial charge in [0.05, 0.1) is 12.5 Å². The fourth-order valence-corrected chi connectivity index (χ4v) is 3.39. The Bertz CT molecular complexity index is 679. The average molecular weight is 457 g/mol. The van der Waals surface area contributed by atoms with Crippen LogP contribution < -0.4 is 32.7 Å². The summed E-state index contributed by atoms with van der Waals surface area (Å²) in [6.45, 7) is 4.45. The van der Waals surface area contributed by atoms with Crippen LogP contribution in [0.25, 0.3) is 0 Å². The van der Waals surface area contributed by atoms with E-state index in [1.807, 2.05) is 0 Å². The second-order valence-corrected chi connectivity index (χ2v) is 8.29. The maximum atomic E-state index is 12.8. The third-order valence-corrected chi connectivity index (χ3v) is 5.22. The van der Waals surface area contributed by atoms with E-state index in [1.54, 1.807) is 13.8 Å². The van der Waals surface area contributed by atoms with E-state index in [1.165, 1.54) is 0 Å². The molecule has 1 aliphatic rings. The van der Waals surface area contributed by atoms with Crippen molar-refractivity contribution in [2.24, 2.45) is 17.4 Å². The first kappa shape index (κ1) is 27.3. The molecule has 32 heavy (non-hydrogen) atoms. The Balaban J connectivity index is 2.84. The van der Waals surface area contributed by atoms with Crippen LogP contribution in [0.4, 0.5) is 0 Å². The van der Waals surface area contributed by atoms with Crippen molar-refractivity contribution in [3.8, 4) is 0 Å². The number of carbonyl (C=O) groups excluding carboxylic acids is 4. The van der Waals surface area contributed by atoms with Crippen molar-refractivity contribution in [3.63, 3.8) is 0 Å². The van der Waals surface area contributed by atoms with E-state index < -0.39 is 60.2 Å². The molecule has 4 atom stereocenters. The number of carboxylic acids is 1. The van der Waals surface area contributed by atoms with Gasteiger partial charge in [0.25, 0.3) is 0 Å². The molecule has 1 rings (SSSR count). The molecule has 0 aromatic carbocycles. The number of rotatable bonds is 14. The number of aliphatic carboxylic acids is 1. The molecule has 1 aliphatic heterocycles. The lowest BCUT2D eigenvalue weighted by Crippen LogP contribution is -2.58. The van der Waals surface area contributed by atoms with Gasteiger partial charge in [-0.05, 0) is 51.1 Å². The van der Waals surface area contributed by atoms with Gasteiger partial charge < -0.3 is 37.8 Å². The molecule has 9 N–H and O–H groups in total. The molecule has 0 saturated carbocycles. The zero-order chi connectivity index (χ0) is 24.3. The van der Waals surface area contributed by atoms with E-state index in [-0.39, 0.29) is 12.3 Å². The maximum absolute atomic E-state index is 12.8. The van der Waals surface area contributed by atoms with Gasteiger partial charge in [0.2, 0.25) is 23.6 Å². The standard InChI is InChI=1S/C20H36N6O6/c1-11(2)16(19(30)24-13(20(31)32)6-3-4-8-21)26-18(29)14(10-15(22)27)25-17(28)12-7-5-9-23-12/h11-14,16,23H,3-10,21H2,1-2H3,(H2,22,27)(H,24,30)(H,25,28)(H,26,29)(H,31,32). The van der Waals surface area contributed by atoms with Gasteiger partial charge in [-0.15, -0.1) is 0 Å². The first-order chi connectivity index (χ1) is 15.1. The Morgan fingerprint density at radius 2 is 1.72 bits per heavy atom. The second-order valence-electron chi connectivity index (χ2n) is 8.29. The highest BCUT2D eigenvalue weighted by molar-refractivity contribution is 5.96. The summed E-state index contributed by atoms with van der Waals surface area (Å²) in [5, 5.41) is 19.9. The number of hydrogen-bond acceptors (Lipinski definition) is 7. The number of nitrogens with two attached hydrogens (primary N) is 2. The van der Waals surface area contributed by atoms with Crippen LogP contribution in [0.3, 0.4) is 0 Å². The lowest BCUT2D eigenvalue weighted by Gasteiger charge is -2.26. The molecule has 0 radical (unpaired) electrons. The van der Waals surface area contributed by atoms with E-state index in [4.69, 9.17) is 11.5 Å². The average Bonchev–Trinajstić information content (AvgIpc) is 3.24. The van der Waals surface area contributed by atoms with Crippen LogP contribution in [0, 0.1) is 5.92 Å². The number of nitrogens with one attached hydrogen (secondary N) is 4. The molecular formula is C20H36N6O6. The lowest BCUT2D eigenvalue weighted by atomic mass is 10.0. The van der Waals surface area contributed by atoms with Gasteiger partial charge in [0.1, 0.15) is 18.1 Å². The summed E-state index contributed by atoms with van der Waals surface area (Å²) in [4.78, 5) is 60.9. The highest BCUT2D eigenvalue weighted by Crippen LogP contribution is 2.08. The van der Waals surface area contributed by atoms with Crippen molar-refractivity contribution in [1.82, 2.24) is 21.3 Å². The predicted molar refractivity (Wildman–Crippen MR) is 116 cm³/mol. The Hall–Kier alpha value is -2.73. The predicted octanol–water partition coefficient (Wildman–Crippen LogP) is -2.06. The number of carboxylic acid groups (broad SMARTS) is 1. The Morgan fingerprint density at radius 3 is 2.22 bits per heavy atom. The largest absolute Gasteiger partial charge is 0.480 e. The van der Waals surface area contributed by atoms with E-state index in [0.29, 0.717) is 32.4 Å². The molecule has 4 amide bonds. The SMILES string of the molecule is CC(C)C(NC(=O)C(CC(N)=O)NC(=O)C1CCCN1)C(=O)NC(CCCCN)C(=O)O. The number of hydrogen-bond donors (Lipinski definition) is 7. The molecular weight excluding hydrogens is 420 g/mol. The van der Waals surface area contributed by atoms with Gasteiger partial charge in [-0.2, -0.15) is 0 Å². The number of unbranched alkanes of at least 4 members (excludes halogenated alkanes) is 1. The Labute approximate surface area is 187 Å². The van der Waals surface area contributed by atoms with Crippen molar-refractivity contribution in [3.05, 3.63) is 0 Å². The number of amides is 4. The van der Waals surface area contributed by atoms with Crippen molar-refractivity contribution >= 4 is 29.6 Å². The Morgan fingerprint density at radius 1 is 1.03 bits per heavy atom. The normalized spacial score (nSPS) is 18.4. The molecule has 4 unspecified atom stereocenters. The van der Waals surface area contributed by atoms with E-state index in [0.717, 1.165) is 6.42 Å². The summed E-state index contributed by atoms with van der Waals surface area (Å²) in [6, 6.07) is -3.92. The van der Waals surface area contributed by atoms with Crippen LogP contribution in [0.1, 0.15) is 52.4 Å². The zero-order valence-corrected chi connectivity index (χ0v) is 18.7. The highest BCUT2D eigenvalue weighted by atomic mass is 16.4.